The van der Waals surface area contributed by atoms with E-state index in [1.54, 1.807) is 11.6 Å². The van der Waals surface area contributed by atoms with Crippen molar-refractivity contribution >= 4 is 17.7 Å². The molecule has 25 heavy (non-hydrogen) atoms. The molecule has 7 nitrogen and oxygen atoms in total. The predicted octanol–water partition coefficient (Wildman–Crippen LogP) is 2.18. The number of tetrazole rings is 1. The lowest BCUT2D eigenvalue weighted by Gasteiger charge is -2.22. The predicted molar refractivity (Wildman–Crippen MR) is 94.2 cm³/mol. The van der Waals surface area contributed by atoms with Crippen molar-refractivity contribution in [3.05, 3.63) is 29.3 Å². The molecular formula is C17H20N6OS. The number of benzene rings is 1. The highest BCUT2D eigenvalue weighted by molar-refractivity contribution is 7.99. The average molecular weight is 356 g/mol. The molecule has 1 aromatic carbocycles. The molecule has 1 N–H and O–H groups in total. The summed E-state index contributed by atoms with van der Waals surface area (Å²) in [4.78, 5) is 12.3. The summed E-state index contributed by atoms with van der Waals surface area (Å²) in [5, 5.41) is 24.5. The Kier molecular flexibility index (Phi) is 4.77. The van der Waals surface area contributed by atoms with Crippen LogP contribution in [0.15, 0.2) is 23.4 Å². The maximum absolute atomic E-state index is 12.3. The van der Waals surface area contributed by atoms with Gasteiger partial charge in [-0.25, -0.2) is 0 Å². The van der Waals surface area contributed by atoms with Crippen LogP contribution in [0.2, 0.25) is 0 Å². The largest absolute Gasteiger partial charge is 0.337 e. The first-order chi connectivity index (χ1) is 11.9. The van der Waals surface area contributed by atoms with E-state index in [2.05, 4.69) is 26.9 Å². The van der Waals surface area contributed by atoms with E-state index in [1.807, 2.05) is 32.0 Å². The summed E-state index contributed by atoms with van der Waals surface area (Å²) in [6.45, 7) is 5.83. The molecule has 2 aromatic rings. The fourth-order valence-electron chi connectivity index (χ4n) is 2.72. The third-order valence-electron chi connectivity index (χ3n) is 4.60. The Labute approximate surface area is 150 Å². The molecule has 130 valence electrons. The topological polar surface area (TPSA) is 96.5 Å². The number of amides is 1. The molecule has 1 aliphatic carbocycles. The third-order valence-corrected chi connectivity index (χ3v) is 5.52. The van der Waals surface area contributed by atoms with Gasteiger partial charge >= 0.3 is 0 Å². The Balaban J connectivity index is 1.69. The van der Waals surface area contributed by atoms with Crippen LogP contribution in [0.1, 0.15) is 30.9 Å². The normalized spacial score (nSPS) is 16.1. The van der Waals surface area contributed by atoms with Crippen LogP contribution in [-0.2, 0) is 4.79 Å². The minimum atomic E-state index is -0.781. The van der Waals surface area contributed by atoms with Crippen molar-refractivity contribution in [2.24, 2.45) is 5.92 Å². The van der Waals surface area contributed by atoms with Gasteiger partial charge in [0, 0.05) is 0 Å². The van der Waals surface area contributed by atoms with Gasteiger partial charge in [-0.15, -0.1) is 5.10 Å². The molecule has 8 heteroatoms. The molecule has 1 amide bonds. The first kappa shape index (κ1) is 17.4. The van der Waals surface area contributed by atoms with Gasteiger partial charge in [0.05, 0.1) is 17.5 Å². The number of nitriles is 1. The van der Waals surface area contributed by atoms with Gasteiger partial charge in [0.2, 0.25) is 11.1 Å². The summed E-state index contributed by atoms with van der Waals surface area (Å²) in [5.41, 5.74) is 2.35. The number of nitrogens with one attached hydrogen (secondary N) is 1. The number of carbonyl (C=O) groups excluding carboxylic acids is 1. The molecule has 1 heterocycles. The van der Waals surface area contributed by atoms with Crippen LogP contribution in [0.3, 0.4) is 0 Å². The van der Waals surface area contributed by atoms with Crippen molar-refractivity contribution in [3.8, 4) is 11.8 Å². The smallest absolute Gasteiger partial charge is 0.231 e. The maximum Gasteiger partial charge on any atom is 0.231 e. The fourth-order valence-corrected chi connectivity index (χ4v) is 3.41. The van der Waals surface area contributed by atoms with Crippen LogP contribution in [0.5, 0.6) is 0 Å². The highest BCUT2D eigenvalue weighted by atomic mass is 32.2. The van der Waals surface area contributed by atoms with Crippen molar-refractivity contribution in [1.82, 2.24) is 25.5 Å². The minimum Gasteiger partial charge on any atom is -0.337 e. The number of aryl methyl sites for hydroxylation is 1. The van der Waals surface area contributed by atoms with E-state index in [0.29, 0.717) is 5.16 Å². The van der Waals surface area contributed by atoms with Crippen LogP contribution in [-0.4, -0.2) is 37.4 Å². The lowest BCUT2D eigenvalue weighted by atomic mass is 9.98. The lowest BCUT2D eigenvalue weighted by Crippen LogP contribution is -2.47. The van der Waals surface area contributed by atoms with E-state index in [4.69, 9.17) is 0 Å². The summed E-state index contributed by atoms with van der Waals surface area (Å²) in [6, 6.07) is 8.16. The Morgan fingerprint density at radius 3 is 2.92 bits per heavy atom. The van der Waals surface area contributed by atoms with E-state index in [1.165, 1.54) is 11.8 Å². The molecule has 1 atom stereocenters. The van der Waals surface area contributed by atoms with Crippen LogP contribution >= 0.6 is 11.8 Å². The maximum atomic E-state index is 12.3. The van der Waals surface area contributed by atoms with Gasteiger partial charge in [0.25, 0.3) is 0 Å². The molecule has 1 saturated carbocycles. The van der Waals surface area contributed by atoms with E-state index < -0.39 is 5.54 Å². The van der Waals surface area contributed by atoms with Crippen LogP contribution in [0.25, 0.3) is 5.69 Å². The Hall–Kier alpha value is -2.40. The van der Waals surface area contributed by atoms with Crippen molar-refractivity contribution in [2.45, 2.75) is 44.3 Å². The average Bonchev–Trinajstić information content (AvgIpc) is 3.35. The van der Waals surface area contributed by atoms with Gasteiger partial charge in [-0.05, 0) is 67.2 Å². The van der Waals surface area contributed by atoms with Gasteiger partial charge in [0.15, 0.2) is 0 Å². The molecule has 0 spiro atoms. The van der Waals surface area contributed by atoms with Crippen molar-refractivity contribution in [3.63, 3.8) is 0 Å². The quantitative estimate of drug-likeness (QED) is 0.797. The molecular weight excluding hydrogens is 336 g/mol. The van der Waals surface area contributed by atoms with E-state index in [9.17, 15) is 10.1 Å². The molecule has 0 aliphatic heterocycles. The molecule has 1 aromatic heterocycles. The van der Waals surface area contributed by atoms with Crippen LogP contribution in [0.4, 0.5) is 0 Å². The van der Waals surface area contributed by atoms with Crippen LogP contribution in [0, 0.1) is 31.1 Å². The summed E-state index contributed by atoms with van der Waals surface area (Å²) in [5.74, 6) is 0.234. The minimum absolute atomic E-state index is 0.162. The molecule has 0 bridgehead atoms. The number of hydrogen-bond donors (Lipinski definition) is 1. The molecule has 1 aliphatic rings. The second-order valence-electron chi connectivity index (χ2n) is 6.52. The number of hydrogen-bond acceptors (Lipinski definition) is 6. The highest BCUT2D eigenvalue weighted by Gasteiger charge is 2.42. The van der Waals surface area contributed by atoms with Gasteiger partial charge < -0.3 is 5.32 Å². The summed E-state index contributed by atoms with van der Waals surface area (Å²) >= 11 is 1.26. The first-order valence-corrected chi connectivity index (χ1v) is 9.13. The van der Waals surface area contributed by atoms with E-state index >= 15 is 0 Å². The molecule has 0 saturated heterocycles. The third kappa shape index (κ3) is 3.66. The van der Waals surface area contributed by atoms with Gasteiger partial charge in [-0.2, -0.15) is 9.94 Å². The Bertz CT molecular complexity index is 838. The zero-order valence-corrected chi connectivity index (χ0v) is 15.3. The highest BCUT2D eigenvalue weighted by Crippen LogP contribution is 2.39. The molecule has 3 rings (SSSR count). The number of carbonyl (C=O) groups is 1. The van der Waals surface area contributed by atoms with Gasteiger partial charge in [-0.1, -0.05) is 23.9 Å². The number of thioether (sulfide) groups is 1. The van der Waals surface area contributed by atoms with Crippen molar-refractivity contribution in [2.75, 3.05) is 5.75 Å². The SMILES string of the molecule is Cc1cccc(-n2nnnc2SCC(=O)N[C@@](C)(C#N)C2CC2)c1C. The first-order valence-electron chi connectivity index (χ1n) is 8.14. The zero-order chi connectivity index (χ0) is 18.0. The van der Waals surface area contributed by atoms with E-state index in [-0.39, 0.29) is 17.6 Å². The Morgan fingerprint density at radius 2 is 2.24 bits per heavy atom. The second-order valence-corrected chi connectivity index (χ2v) is 7.46. The van der Waals surface area contributed by atoms with Gasteiger partial charge in [0.1, 0.15) is 5.54 Å². The van der Waals surface area contributed by atoms with Crippen LogP contribution < -0.4 is 5.32 Å². The molecule has 1 fully saturated rings. The Morgan fingerprint density at radius 1 is 1.48 bits per heavy atom. The van der Waals surface area contributed by atoms with Crippen molar-refractivity contribution in [1.29, 1.82) is 5.26 Å². The fraction of sp³-hybridized carbons (Fsp3) is 0.471. The van der Waals surface area contributed by atoms with E-state index in [0.717, 1.165) is 29.7 Å². The number of nitrogens with zero attached hydrogens (tertiary/aromatic N) is 5. The standard InChI is InChI=1S/C17H20N6OS/c1-11-5-4-6-14(12(11)2)23-16(20-21-22-23)25-9-15(24)19-17(3,10-18)13-7-8-13/h4-6,13H,7-9H2,1-3H3,(H,19,24)/t17-/m0/s1. The molecule has 0 radical (unpaired) electrons. The van der Waals surface area contributed by atoms with Crippen molar-refractivity contribution < 1.29 is 4.79 Å². The number of rotatable bonds is 6. The summed E-state index contributed by atoms with van der Waals surface area (Å²) < 4.78 is 1.64. The summed E-state index contributed by atoms with van der Waals surface area (Å²) in [7, 11) is 0. The number of aromatic nitrogens is 4. The monoisotopic (exact) mass is 356 g/mol. The zero-order valence-electron chi connectivity index (χ0n) is 14.5. The molecule has 0 unspecified atom stereocenters. The summed E-state index contributed by atoms with van der Waals surface area (Å²) in [6.07, 6.45) is 1.98. The van der Waals surface area contributed by atoms with Gasteiger partial charge in [-0.3, -0.25) is 4.79 Å². The second kappa shape index (κ2) is 6.84. The lowest BCUT2D eigenvalue weighted by molar-refractivity contribution is -0.119.